The molecule has 1 aromatic rings. The van der Waals surface area contributed by atoms with Crippen LogP contribution in [0.25, 0.3) is 0 Å². The van der Waals surface area contributed by atoms with Gasteiger partial charge in [-0.2, -0.15) is 0 Å². The van der Waals surface area contributed by atoms with Crippen LogP contribution in [-0.2, 0) is 22.6 Å². The van der Waals surface area contributed by atoms with Gasteiger partial charge in [0.1, 0.15) is 5.01 Å². The Morgan fingerprint density at radius 2 is 1.85 bits per heavy atom. The summed E-state index contributed by atoms with van der Waals surface area (Å²) in [5, 5.41) is 3.29. The molecule has 0 spiro atoms. The van der Waals surface area contributed by atoms with Crippen molar-refractivity contribution < 1.29 is 9.53 Å². The van der Waals surface area contributed by atoms with Crippen molar-refractivity contribution in [3.8, 4) is 0 Å². The van der Waals surface area contributed by atoms with Gasteiger partial charge < -0.3 is 9.64 Å². The molecule has 5 fully saturated rings. The zero-order valence-corrected chi connectivity index (χ0v) is 17.2. The maximum atomic E-state index is 13.4. The number of carbonyl (C=O) groups is 1. The molecule has 6 heteroatoms. The van der Waals surface area contributed by atoms with Crippen molar-refractivity contribution in [3.63, 3.8) is 0 Å². The monoisotopic (exact) mass is 389 g/mol. The topological polar surface area (TPSA) is 45.7 Å². The quantitative estimate of drug-likeness (QED) is 0.776. The molecule has 1 aromatic heterocycles. The average molecular weight is 390 g/mol. The minimum absolute atomic E-state index is 0.0455. The normalized spacial score (nSPS) is 35.5. The number of hydrogen-bond acceptors (Lipinski definition) is 5. The Bertz CT molecular complexity index is 662. The van der Waals surface area contributed by atoms with E-state index in [1.54, 1.807) is 11.3 Å². The molecule has 1 amide bonds. The Labute approximate surface area is 166 Å². The van der Waals surface area contributed by atoms with Gasteiger partial charge in [-0.05, 0) is 56.3 Å². The molecule has 0 radical (unpaired) electrons. The van der Waals surface area contributed by atoms with Crippen molar-refractivity contribution in [3.05, 3.63) is 16.1 Å². The Kier molecular flexibility index (Phi) is 4.77. The zero-order valence-electron chi connectivity index (χ0n) is 16.4. The van der Waals surface area contributed by atoms with Crippen LogP contribution in [0, 0.1) is 23.2 Å². The number of thiazole rings is 1. The lowest BCUT2D eigenvalue weighted by molar-refractivity contribution is -0.156. The van der Waals surface area contributed by atoms with Crippen LogP contribution in [0.3, 0.4) is 0 Å². The number of aromatic nitrogens is 1. The van der Waals surface area contributed by atoms with E-state index in [0.29, 0.717) is 12.5 Å². The number of morpholine rings is 1. The minimum atomic E-state index is -0.0455. The fourth-order valence-corrected chi connectivity index (χ4v) is 7.36. The summed E-state index contributed by atoms with van der Waals surface area (Å²) in [5.74, 6) is 2.83. The van der Waals surface area contributed by atoms with Gasteiger partial charge in [-0.25, -0.2) is 4.98 Å². The van der Waals surface area contributed by atoms with Gasteiger partial charge in [0.25, 0.3) is 0 Å². The van der Waals surface area contributed by atoms with Crippen molar-refractivity contribution >= 4 is 17.2 Å². The predicted octanol–water partition coefficient (Wildman–Crippen LogP) is 3.15. The predicted molar refractivity (Wildman–Crippen MR) is 105 cm³/mol. The molecule has 5 aliphatic rings. The van der Waals surface area contributed by atoms with E-state index >= 15 is 0 Å². The van der Waals surface area contributed by atoms with E-state index < -0.39 is 0 Å². The molecule has 27 heavy (non-hydrogen) atoms. The first-order valence-corrected chi connectivity index (χ1v) is 11.5. The SMILES string of the molecule is CN(Cc1csc(CN2CCOCC2)n1)C(=O)C12CC3CC(CC(C3)C1)C2. The highest BCUT2D eigenvalue weighted by molar-refractivity contribution is 7.09. The maximum Gasteiger partial charge on any atom is 0.228 e. The maximum absolute atomic E-state index is 13.4. The molecule has 148 valence electrons. The van der Waals surface area contributed by atoms with Crippen LogP contribution in [0.5, 0.6) is 0 Å². The first-order valence-electron chi connectivity index (χ1n) is 10.6. The Morgan fingerprint density at radius 3 is 2.48 bits per heavy atom. The van der Waals surface area contributed by atoms with E-state index in [4.69, 9.17) is 9.72 Å². The summed E-state index contributed by atoms with van der Waals surface area (Å²) < 4.78 is 5.42. The van der Waals surface area contributed by atoms with Crippen LogP contribution in [0.1, 0.15) is 49.2 Å². The van der Waals surface area contributed by atoms with Crippen molar-refractivity contribution in [2.45, 2.75) is 51.6 Å². The zero-order chi connectivity index (χ0) is 18.4. The van der Waals surface area contributed by atoms with Crippen molar-refractivity contribution in [1.29, 1.82) is 0 Å². The third-order valence-electron chi connectivity index (χ3n) is 7.30. The van der Waals surface area contributed by atoms with E-state index in [1.807, 2.05) is 11.9 Å². The van der Waals surface area contributed by atoms with Crippen molar-refractivity contribution in [2.75, 3.05) is 33.4 Å². The van der Waals surface area contributed by atoms with Crippen LogP contribution in [0.15, 0.2) is 5.38 Å². The van der Waals surface area contributed by atoms with Gasteiger partial charge in [0.2, 0.25) is 5.91 Å². The van der Waals surface area contributed by atoms with Crippen LogP contribution in [0.2, 0.25) is 0 Å². The standard InChI is InChI=1S/C21H31N3O2S/c1-23(12-18-14-27-19(22-18)13-24-2-4-26-5-3-24)20(25)21-9-15-6-16(10-21)8-17(7-15)11-21/h14-17H,2-13H2,1H3. The molecule has 5 nitrogen and oxygen atoms in total. The highest BCUT2D eigenvalue weighted by atomic mass is 32.1. The average Bonchev–Trinajstić information content (AvgIpc) is 3.07. The van der Waals surface area contributed by atoms with Crippen LogP contribution < -0.4 is 0 Å². The molecule has 1 aliphatic heterocycles. The highest BCUT2D eigenvalue weighted by Crippen LogP contribution is 2.60. The first-order chi connectivity index (χ1) is 13.1. The molecule has 0 atom stereocenters. The molecule has 6 rings (SSSR count). The molecular formula is C21H31N3O2S. The molecule has 0 N–H and O–H groups in total. The molecule has 4 bridgehead atoms. The van der Waals surface area contributed by atoms with E-state index in [2.05, 4.69) is 10.3 Å². The van der Waals surface area contributed by atoms with Crippen LogP contribution >= 0.6 is 11.3 Å². The lowest BCUT2D eigenvalue weighted by Crippen LogP contribution is -2.53. The smallest absolute Gasteiger partial charge is 0.228 e. The number of ether oxygens (including phenoxy) is 1. The third kappa shape index (κ3) is 3.56. The number of rotatable bonds is 5. The van der Waals surface area contributed by atoms with Gasteiger partial charge in [0.15, 0.2) is 0 Å². The van der Waals surface area contributed by atoms with E-state index in [9.17, 15) is 4.79 Å². The number of nitrogens with zero attached hydrogens (tertiary/aromatic N) is 3. The summed E-state index contributed by atoms with van der Waals surface area (Å²) in [7, 11) is 1.99. The van der Waals surface area contributed by atoms with Gasteiger partial charge in [-0.15, -0.1) is 11.3 Å². The molecule has 2 heterocycles. The summed E-state index contributed by atoms with van der Waals surface area (Å²) >= 11 is 1.72. The van der Waals surface area contributed by atoms with E-state index in [1.165, 1.54) is 19.3 Å². The summed E-state index contributed by atoms with van der Waals surface area (Å²) in [5.41, 5.74) is 1.000. The van der Waals surface area contributed by atoms with Gasteiger partial charge in [-0.1, -0.05) is 0 Å². The molecular weight excluding hydrogens is 358 g/mol. The summed E-state index contributed by atoms with van der Waals surface area (Å²) in [6.07, 6.45) is 7.57. The van der Waals surface area contributed by atoms with E-state index in [0.717, 1.165) is 80.6 Å². The number of amides is 1. The summed E-state index contributed by atoms with van der Waals surface area (Å²) in [6, 6.07) is 0. The van der Waals surface area contributed by atoms with Gasteiger partial charge in [0, 0.05) is 25.5 Å². The molecule has 0 unspecified atom stereocenters. The summed E-state index contributed by atoms with van der Waals surface area (Å²) in [6.45, 7) is 5.17. The number of hydrogen-bond donors (Lipinski definition) is 0. The minimum Gasteiger partial charge on any atom is -0.379 e. The van der Waals surface area contributed by atoms with Crippen LogP contribution in [0.4, 0.5) is 0 Å². The molecule has 4 aliphatic carbocycles. The second-order valence-corrected chi connectivity index (χ2v) is 10.4. The lowest BCUT2D eigenvalue weighted by Gasteiger charge is -2.56. The second-order valence-electron chi connectivity index (χ2n) is 9.48. The molecule has 0 aromatic carbocycles. The number of carbonyl (C=O) groups excluding carboxylic acids is 1. The van der Waals surface area contributed by atoms with Gasteiger partial charge in [0.05, 0.1) is 37.4 Å². The Morgan fingerprint density at radius 1 is 1.22 bits per heavy atom. The summed E-state index contributed by atoms with van der Waals surface area (Å²) in [4.78, 5) is 22.6. The fraction of sp³-hybridized carbons (Fsp3) is 0.810. The van der Waals surface area contributed by atoms with Crippen molar-refractivity contribution in [2.24, 2.45) is 23.2 Å². The van der Waals surface area contributed by atoms with Gasteiger partial charge in [-0.3, -0.25) is 9.69 Å². The lowest BCUT2D eigenvalue weighted by atomic mass is 9.49. The van der Waals surface area contributed by atoms with Gasteiger partial charge >= 0.3 is 0 Å². The molecule has 1 saturated heterocycles. The largest absolute Gasteiger partial charge is 0.379 e. The highest BCUT2D eigenvalue weighted by Gasteiger charge is 2.55. The van der Waals surface area contributed by atoms with Crippen molar-refractivity contribution in [1.82, 2.24) is 14.8 Å². The van der Waals surface area contributed by atoms with Crippen LogP contribution in [-0.4, -0.2) is 54.0 Å². The first kappa shape index (κ1) is 18.1. The van der Waals surface area contributed by atoms with E-state index in [-0.39, 0.29) is 5.41 Å². The Hall–Kier alpha value is -0.980. The third-order valence-corrected chi connectivity index (χ3v) is 8.18. The fourth-order valence-electron chi connectivity index (χ4n) is 6.54. The Balaban J connectivity index is 1.21. The second kappa shape index (κ2) is 7.12. The molecule has 4 saturated carbocycles.